The summed E-state index contributed by atoms with van der Waals surface area (Å²) in [7, 11) is 0. The summed E-state index contributed by atoms with van der Waals surface area (Å²) in [6.45, 7) is 12.9. The highest BCUT2D eigenvalue weighted by Gasteiger charge is 2.30. The van der Waals surface area contributed by atoms with Gasteiger partial charge < -0.3 is 35.1 Å². The highest BCUT2D eigenvalue weighted by Crippen LogP contribution is 2.22. The summed E-state index contributed by atoms with van der Waals surface area (Å²) < 4.78 is 17.7. The summed E-state index contributed by atoms with van der Waals surface area (Å²) in [5, 5.41) is 16.8. The maximum absolute atomic E-state index is 14.6. The van der Waals surface area contributed by atoms with Gasteiger partial charge in [-0.3, -0.25) is 14.7 Å². The maximum Gasteiger partial charge on any atom is 0.315 e. The molecule has 0 aliphatic heterocycles. The molecule has 51 heavy (non-hydrogen) atoms. The zero-order valence-electron chi connectivity index (χ0n) is 30.5. The molecule has 0 aliphatic rings. The first kappa shape index (κ1) is 38.9. The molecule has 4 amide bonds. The number of H-pyrrole nitrogens is 1. The molecular weight excluding hydrogens is 648 g/mol. The minimum absolute atomic E-state index is 0.0329. The van der Waals surface area contributed by atoms with Gasteiger partial charge >= 0.3 is 6.03 Å². The number of nitrogens with zero attached hydrogens (tertiary/aromatic N) is 2. The second-order valence-corrected chi connectivity index (χ2v) is 13.4. The molecule has 0 spiro atoms. The van der Waals surface area contributed by atoms with Crippen LogP contribution in [0.4, 0.5) is 4.79 Å². The Bertz CT molecular complexity index is 1680. The van der Waals surface area contributed by atoms with Gasteiger partial charge in [-0.05, 0) is 70.4 Å². The molecule has 4 N–H and O–H groups in total. The van der Waals surface area contributed by atoms with E-state index in [4.69, 9.17) is 14.2 Å². The molecule has 1 heterocycles. The third kappa shape index (κ3) is 12.7. The van der Waals surface area contributed by atoms with Crippen LogP contribution in [0.5, 0.6) is 5.75 Å². The van der Waals surface area contributed by atoms with Crippen molar-refractivity contribution in [3.05, 3.63) is 95.7 Å². The lowest BCUT2D eigenvalue weighted by atomic mass is 10.0. The number of carbonyl (C=O) groups excluding carboxylic acids is 3. The second kappa shape index (κ2) is 18.9. The predicted molar refractivity (Wildman–Crippen MR) is 197 cm³/mol. The fourth-order valence-electron chi connectivity index (χ4n) is 5.64. The van der Waals surface area contributed by atoms with E-state index in [1.807, 2.05) is 107 Å². The van der Waals surface area contributed by atoms with Crippen molar-refractivity contribution in [2.24, 2.45) is 0 Å². The molecule has 0 saturated carbocycles. The number of amides is 4. The third-order valence-electron chi connectivity index (χ3n) is 7.90. The Labute approximate surface area is 300 Å². The van der Waals surface area contributed by atoms with Gasteiger partial charge in [-0.25, -0.2) is 4.79 Å². The number of aromatic amines is 1. The molecule has 2 atom stereocenters. The van der Waals surface area contributed by atoms with Crippen LogP contribution in [0.2, 0.25) is 0 Å². The van der Waals surface area contributed by atoms with Gasteiger partial charge in [-0.15, -0.1) is 0 Å². The van der Waals surface area contributed by atoms with Crippen molar-refractivity contribution < 1.29 is 28.6 Å². The van der Waals surface area contributed by atoms with Crippen molar-refractivity contribution in [3.8, 4) is 5.75 Å². The molecule has 274 valence electrons. The van der Waals surface area contributed by atoms with Crippen molar-refractivity contribution in [1.82, 2.24) is 31.0 Å². The van der Waals surface area contributed by atoms with E-state index in [0.29, 0.717) is 25.5 Å². The number of para-hydroxylation sites is 1. The van der Waals surface area contributed by atoms with Gasteiger partial charge in [0.15, 0.2) is 6.29 Å². The SMILES string of the molecule is CCOC(CN(Cc1cccc2cn[nH]c12)C(=O)[C@H](Cc1ccc(OC(C)(C)C)cc1)NC(=O)C[C@@H](C)NC(=O)NCc1ccccc1)OCC. The smallest absolute Gasteiger partial charge is 0.315 e. The lowest BCUT2D eigenvalue weighted by Crippen LogP contribution is -2.52. The van der Waals surface area contributed by atoms with Gasteiger partial charge in [-0.1, -0.05) is 60.7 Å². The van der Waals surface area contributed by atoms with Gasteiger partial charge in [-0.2, -0.15) is 5.10 Å². The standard InChI is InChI=1S/C39H52N6O6/c1-7-49-35(50-8-2)26-45(25-31-16-12-15-30-24-41-44-36(30)31)37(47)33(22-28-17-19-32(20-18-28)51-39(4,5)6)43-34(46)21-27(3)42-38(48)40-23-29-13-10-9-11-14-29/h9-20,24,27,33,35H,7-8,21-23,25-26H2,1-6H3,(H,41,44)(H,43,46)(H2,40,42,48)/t27-,33+/m1/s1. The van der Waals surface area contributed by atoms with Crippen LogP contribution >= 0.6 is 0 Å². The second-order valence-electron chi connectivity index (χ2n) is 13.4. The Balaban J connectivity index is 1.55. The number of ether oxygens (including phenoxy) is 3. The molecule has 0 fully saturated rings. The number of carbonyl (C=O) groups is 3. The first-order valence-corrected chi connectivity index (χ1v) is 17.5. The van der Waals surface area contributed by atoms with Crippen molar-refractivity contribution in [2.45, 2.75) is 91.4 Å². The van der Waals surface area contributed by atoms with E-state index in [1.165, 1.54) is 0 Å². The van der Waals surface area contributed by atoms with Crippen molar-refractivity contribution in [2.75, 3.05) is 19.8 Å². The fraction of sp³-hybridized carbons (Fsp3) is 0.436. The average Bonchev–Trinajstić information content (AvgIpc) is 3.57. The molecule has 0 radical (unpaired) electrons. The topological polar surface area (TPSA) is 147 Å². The van der Waals surface area contributed by atoms with Gasteiger partial charge in [0.2, 0.25) is 11.8 Å². The van der Waals surface area contributed by atoms with E-state index in [9.17, 15) is 14.4 Å². The Morgan fingerprint density at radius 2 is 1.59 bits per heavy atom. The van der Waals surface area contributed by atoms with Crippen LogP contribution in [0.25, 0.3) is 10.9 Å². The zero-order valence-corrected chi connectivity index (χ0v) is 30.5. The molecule has 0 unspecified atom stereocenters. The molecule has 12 nitrogen and oxygen atoms in total. The Kier molecular flexibility index (Phi) is 14.4. The molecule has 4 aromatic rings. The van der Waals surface area contributed by atoms with E-state index in [2.05, 4.69) is 26.1 Å². The zero-order chi connectivity index (χ0) is 36.8. The predicted octanol–water partition coefficient (Wildman–Crippen LogP) is 5.47. The monoisotopic (exact) mass is 700 g/mol. The normalized spacial score (nSPS) is 12.7. The Morgan fingerprint density at radius 1 is 0.882 bits per heavy atom. The van der Waals surface area contributed by atoms with Gasteiger partial charge in [0.1, 0.15) is 17.4 Å². The molecule has 12 heteroatoms. The minimum atomic E-state index is -0.934. The number of benzene rings is 3. The number of urea groups is 1. The average molecular weight is 701 g/mol. The highest BCUT2D eigenvalue weighted by molar-refractivity contribution is 5.89. The number of hydrogen-bond acceptors (Lipinski definition) is 7. The van der Waals surface area contributed by atoms with Crippen LogP contribution in [0, 0.1) is 0 Å². The van der Waals surface area contributed by atoms with Crippen LogP contribution in [-0.4, -0.2) is 76.7 Å². The summed E-state index contributed by atoms with van der Waals surface area (Å²) in [6, 6.07) is 21.1. The minimum Gasteiger partial charge on any atom is -0.488 e. The van der Waals surface area contributed by atoms with Crippen LogP contribution in [0.15, 0.2) is 79.0 Å². The van der Waals surface area contributed by atoms with Crippen molar-refractivity contribution in [3.63, 3.8) is 0 Å². The van der Waals surface area contributed by atoms with Crippen LogP contribution in [0.3, 0.4) is 0 Å². The molecule has 0 saturated heterocycles. The first-order valence-electron chi connectivity index (χ1n) is 17.5. The van der Waals surface area contributed by atoms with E-state index in [0.717, 1.165) is 27.6 Å². The first-order chi connectivity index (χ1) is 24.4. The van der Waals surface area contributed by atoms with Crippen LogP contribution < -0.4 is 20.7 Å². The van der Waals surface area contributed by atoms with E-state index < -0.39 is 18.4 Å². The fourth-order valence-corrected chi connectivity index (χ4v) is 5.64. The lowest BCUT2D eigenvalue weighted by Gasteiger charge is -2.31. The Morgan fingerprint density at radius 3 is 2.25 bits per heavy atom. The largest absolute Gasteiger partial charge is 0.488 e. The van der Waals surface area contributed by atoms with E-state index >= 15 is 0 Å². The van der Waals surface area contributed by atoms with Gasteiger partial charge in [0, 0.05) is 50.6 Å². The summed E-state index contributed by atoms with van der Waals surface area (Å²) in [5.74, 6) is 0.0216. The highest BCUT2D eigenvalue weighted by atomic mass is 16.7. The Hall–Kier alpha value is -4.94. The van der Waals surface area contributed by atoms with Crippen LogP contribution in [-0.2, 0) is 38.6 Å². The van der Waals surface area contributed by atoms with Gasteiger partial charge in [0.05, 0.1) is 18.3 Å². The lowest BCUT2D eigenvalue weighted by molar-refractivity contribution is -0.161. The third-order valence-corrected chi connectivity index (χ3v) is 7.90. The summed E-state index contributed by atoms with van der Waals surface area (Å²) >= 11 is 0. The van der Waals surface area contributed by atoms with Gasteiger partial charge in [0.25, 0.3) is 0 Å². The number of nitrogens with one attached hydrogen (secondary N) is 4. The summed E-state index contributed by atoms with van der Waals surface area (Å²) in [6.07, 6.45) is 1.25. The molecular formula is C39H52N6O6. The number of hydrogen-bond donors (Lipinski definition) is 4. The molecule has 3 aromatic carbocycles. The number of aromatic nitrogens is 2. The quantitative estimate of drug-likeness (QED) is 0.101. The molecule has 4 rings (SSSR count). The molecule has 1 aromatic heterocycles. The van der Waals surface area contributed by atoms with E-state index in [1.54, 1.807) is 18.0 Å². The number of rotatable bonds is 18. The molecule has 0 aliphatic carbocycles. The van der Waals surface area contributed by atoms with Crippen molar-refractivity contribution in [1.29, 1.82) is 0 Å². The summed E-state index contributed by atoms with van der Waals surface area (Å²) in [4.78, 5) is 42.4. The van der Waals surface area contributed by atoms with Crippen LogP contribution in [0.1, 0.15) is 64.7 Å². The molecule has 0 bridgehead atoms. The number of fused-ring (bicyclic) bond motifs is 1. The van der Waals surface area contributed by atoms with Crippen molar-refractivity contribution >= 4 is 28.7 Å². The maximum atomic E-state index is 14.6. The van der Waals surface area contributed by atoms with E-state index in [-0.39, 0.29) is 49.4 Å². The summed E-state index contributed by atoms with van der Waals surface area (Å²) in [5.41, 5.74) is 3.11.